The van der Waals surface area contributed by atoms with E-state index in [1.54, 1.807) is 37.3 Å². The Labute approximate surface area is 186 Å². The molecule has 0 bridgehead atoms. The summed E-state index contributed by atoms with van der Waals surface area (Å²) in [5, 5.41) is 0. The first-order valence-electron chi connectivity index (χ1n) is 10.1. The molecule has 1 fully saturated rings. The molecular formula is C22H21NO8S. The van der Waals surface area contributed by atoms with E-state index < -0.39 is 40.9 Å². The molecule has 1 amide bonds. The fraction of sp³-hybridized carbons (Fsp3) is 0.364. The third kappa shape index (κ3) is 3.64. The number of ether oxygens (including phenoxy) is 3. The number of hydrogen-bond donors (Lipinski definition) is 0. The maximum absolute atomic E-state index is 13.1. The Hall–Kier alpha value is -3.27. The number of benzene rings is 1. The first-order chi connectivity index (χ1) is 15.4. The highest BCUT2D eigenvalue weighted by molar-refractivity contribution is 7.89. The van der Waals surface area contributed by atoms with E-state index in [-0.39, 0.29) is 36.2 Å². The van der Waals surface area contributed by atoms with Crippen molar-refractivity contribution in [1.82, 2.24) is 4.90 Å². The highest BCUT2D eigenvalue weighted by atomic mass is 32.2. The van der Waals surface area contributed by atoms with Crippen molar-refractivity contribution < 1.29 is 37.6 Å². The summed E-state index contributed by atoms with van der Waals surface area (Å²) in [5.41, 5.74) is 0.673. The summed E-state index contributed by atoms with van der Waals surface area (Å²) >= 11 is 0. The monoisotopic (exact) mass is 459 g/mol. The van der Waals surface area contributed by atoms with Crippen molar-refractivity contribution in [2.24, 2.45) is 5.92 Å². The van der Waals surface area contributed by atoms with Gasteiger partial charge in [-0.1, -0.05) is 31.2 Å². The Bertz CT molecular complexity index is 1090. The molecule has 4 unspecified atom stereocenters. The van der Waals surface area contributed by atoms with Gasteiger partial charge in [0.15, 0.2) is 0 Å². The number of esters is 3. The molecule has 10 heteroatoms. The van der Waals surface area contributed by atoms with Crippen LogP contribution in [0.1, 0.15) is 42.0 Å². The molecule has 3 aliphatic heterocycles. The number of β-lactam (4-membered cyclic amide) rings is 1. The first kappa shape index (κ1) is 21.9. The Morgan fingerprint density at radius 1 is 1.28 bits per heavy atom. The molecule has 0 aliphatic carbocycles. The van der Waals surface area contributed by atoms with Crippen LogP contribution >= 0.6 is 0 Å². The molecule has 3 aliphatic rings. The van der Waals surface area contributed by atoms with Crippen LogP contribution in [0.25, 0.3) is 0 Å². The smallest absolute Gasteiger partial charge is 0.359 e. The molecule has 0 spiro atoms. The first-order valence-corrected chi connectivity index (χ1v) is 11.4. The van der Waals surface area contributed by atoms with E-state index >= 15 is 0 Å². The average Bonchev–Trinajstić information content (AvgIpc) is 3.31. The maximum atomic E-state index is 13.1. The second kappa shape index (κ2) is 8.70. The largest absolute Gasteiger partial charge is 0.466 e. The van der Waals surface area contributed by atoms with Crippen molar-refractivity contribution in [2.45, 2.75) is 32.1 Å². The van der Waals surface area contributed by atoms with Crippen LogP contribution in [0, 0.1) is 5.92 Å². The Kier molecular flexibility index (Phi) is 5.96. The molecule has 0 aromatic heterocycles. The zero-order valence-electron chi connectivity index (χ0n) is 17.4. The predicted octanol–water partition coefficient (Wildman–Crippen LogP) is 1.73. The SMILES string of the molecule is CCS(=O)C1=C(C(=O)OC2OC(=O)c3ccccc32)N2C(=O)C(CC=CC(=O)OC)C2C1. The van der Waals surface area contributed by atoms with E-state index in [9.17, 15) is 23.4 Å². The molecule has 0 N–H and O–H groups in total. The van der Waals surface area contributed by atoms with Gasteiger partial charge >= 0.3 is 17.9 Å². The van der Waals surface area contributed by atoms with Crippen molar-refractivity contribution in [3.63, 3.8) is 0 Å². The van der Waals surface area contributed by atoms with Gasteiger partial charge in [0, 0.05) is 28.7 Å². The van der Waals surface area contributed by atoms with Crippen LogP contribution in [0.15, 0.2) is 47.0 Å². The number of carbonyl (C=O) groups is 4. The van der Waals surface area contributed by atoms with Crippen LogP contribution in [0.4, 0.5) is 0 Å². The van der Waals surface area contributed by atoms with Crippen LogP contribution < -0.4 is 0 Å². The Morgan fingerprint density at radius 3 is 2.75 bits per heavy atom. The average molecular weight is 459 g/mol. The molecule has 4 rings (SSSR count). The lowest BCUT2D eigenvalue weighted by atomic mass is 9.84. The fourth-order valence-electron chi connectivity index (χ4n) is 4.11. The van der Waals surface area contributed by atoms with Crippen LogP contribution in [-0.4, -0.2) is 51.8 Å². The summed E-state index contributed by atoms with van der Waals surface area (Å²) in [4.78, 5) is 50.8. The van der Waals surface area contributed by atoms with E-state index in [4.69, 9.17) is 9.47 Å². The lowest BCUT2D eigenvalue weighted by molar-refractivity contribution is -0.170. The van der Waals surface area contributed by atoms with E-state index in [1.165, 1.54) is 18.1 Å². The summed E-state index contributed by atoms with van der Waals surface area (Å²) < 4.78 is 27.8. The molecule has 9 nitrogen and oxygen atoms in total. The molecule has 4 atom stereocenters. The molecule has 1 aromatic carbocycles. The van der Waals surface area contributed by atoms with Crippen molar-refractivity contribution in [3.8, 4) is 0 Å². The lowest BCUT2D eigenvalue weighted by Crippen LogP contribution is -2.58. The molecular weight excluding hydrogens is 438 g/mol. The Balaban J connectivity index is 1.54. The maximum Gasteiger partial charge on any atom is 0.359 e. The van der Waals surface area contributed by atoms with Crippen LogP contribution in [0.3, 0.4) is 0 Å². The number of nitrogens with zero attached hydrogens (tertiary/aromatic N) is 1. The van der Waals surface area contributed by atoms with Crippen molar-refractivity contribution >= 4 is 34.6 Å². The second-order valence-electron chi connectivity index (χ2n) is 7.38. The minimum absolute atomic E-state index is 0.0474. The van der Waals surface area contributed by atoms with Gasteiger partial charge in [-0.15, -0.1) is 0 Å². The van der Waals surface area contributed by atoms with Crippen molar-refractivity contribution in [1.29, 1.82) is 0 Å². The summed E-state index contributed by atoms with van der Waals surface area (Å²) in [6.45, 7) is 1.72. The van der Waals surface area contributed by atoms with Gasteiger partial charge < -0.3 is 19.1 Å². The van der Waals surface area contributed by atoms with Gasteiger partial charge in [0.25, 0.3) is 6.29 Å². The number of fused-ring (bicyclic) bond motifs is 2. The second-order valence-corrected chi connectivity index (χ2v) is 9.14. The van der Waals surface area contributed by atoms with Gasteiger partial charge in [0.05, 0.1) is 35.4 Å². The highest BCUT2D eigenvalue weighted by Crippen LogP contribution is 2.46. The third-order valence-corrected chi connectivity index (χ3v) is 7.12. The molecule has 168 valence electrons. The third-order valence-electron chi connectivity index (χ3n) is 5.69. The number of cyclic esters (lactones) is 1. The van der Waals surface area contributed by atoms with Crippen molar-refractivity contribution in [3.05, 3.63) is 58.1 Å². The molecule has 3 heterocycles. The summed E-state index contributed by atoms with van der Waals surface area (Å²) in [6, 6.07) is 6.20. The predicted molar refractivity (Wildman–Crippen MR) is 111 cm³/mol. The highest BCUT2D eigenvalue weighted by Gasteiger charge is 2.56. The summed E-state index contributed by atoms with van der Waals surface area (Å²) in [7, 11) is -0.211. The van der Waals surface area contributed by atoms with Crippen molar-refractivity contribution in [2.75, 3.05) is 12.9 Å². The van der Waals surface area contributed by atoms with E-state index in [0.29, 0.717) is 16.0 Å². The number of rotatable bonds is 7. The molecule has 0 radical (unpaired) electrons. The van der Waals surface area contributed by atoms with Crippen LogP contribution in [-0.2, 0) is 39.4 Å². The standard InChI is InChI=1S/C22H21NO8S/c1-3-32(28)16-11-15-14(9-6-10-17(24)29-2)19(25)23(15)18(16)21(27)31-22-13-8-5-4-7-12(13)20(26)30-22/h4-8,10,14-15,22H,3,9,11H2,1-2H3. The van der Waals surface area contributed by atoms with Crippen LogP contribution in [0.5, 0.6) is 0 Å². The van der Waals surface area contributed by atoms with Gasteiger partial charge in [-0.25, -0.2) is 14.4 Å². The van der Waals surface area contributed by atoms with E-state index in [2.05, 4.69) is 4.74 Å². The summed E-state index contributed by atoms with van der Waals surface area (Å²) in [6.07, 6.45) is 2.12. The topological polar surface area (TPSA) is 116 Å². The van der Waals surface area contributed by atoms with Gasteiger partial charge in [-0.3, -0.25) is 9.00 Å². The number of allylic oxidation sites excluding steroid dienone is 1. The molecule has 1 saturated heterocycles. The Morgan fingerprint density at radius 2 is 2.03 bits per heavy atom. The summed E-state index contributed by atoms with van der Waals surface area (Å²) in [5.74, 6) is -2.49. The fourth-order valence-corrected chi connectivity index (χ4v) is 5.21. The molecule has 0 saturated carbocycles. The zero-order chi connectivity index (χ0) is 23.0. The van der Waals surface area contributed by atoms with E-state index in [0.717, 1.165) is 0 Å². The number of amides is 1. The van der Waals surface area contributed by atoms with Gasteiger partial charge in [-0.2, -0.15) is 0 Å². The lowest BCUT2D eigenvalue weighted by Gasteiger charge is -2.43. The van der Waals surface area contributed by atoms with Gasteiger partial charge in [0.2, 0.25) is 5.91 Å². The number of hydrogen-bond acceptors (Lipinski definition) is 8. The van der Waals surface area contributed by atoms with E-state index in [1.807, 2.05) is 0 Å². The minimum Gasteiger partial charge on any atom is -0.466 e. The van der Waals surface area contributed by atoms with Gasteiger partial charge in [-0.05, 0) is 12.5 Å². The molecule has 32 heavy (non-hydrogen) atoms. The van der Waals surface area contributed by atoms with Gasteiger partial charge in [0.1, 0.15) is 5.70 Å². The normalized spacial score (nSPS) is 24.7. The number of carbonyl (C=O) groups excluding carboxylic acids is 4. The molecule has 1 aromatic rings. The van der Waals surface area contributed by atoms with Crippen LogP contribution in [0.2, 0.25) is 0 Å². The minimum atomic E-state index is -1.47. The quantitative estimate of drug-likeness (QED) is 0.344. The number of methoxy groups -OCH3 is 1. The zero-order valence-corrected chi connectivity index (χ0v) is 18.3.